The zero-order valence-electron chi connectivity index (χ0n) is 12.9. The lowest BCUT2D eigenvalue weighted by Crippen LogP contribution is -2.40. The van der Waals surface area contributed by atoms with Gasteiger partial charge >= 0.3 is 0 Å². The van der Waals surface area contributed by atoms with Gasteiger partial charge in [0.25, 0.3) is 5.91 Å². The van der Waals surface area contributed by atoms with Crippen molar-refractivity contribution in [1.82, 2.24) is 5.32 Å². The number of amides is 1. The van der Waals surface area contributed by atoms with Gasteiger partial charge in [-0.3, -0.25) is 4.79 Å². The normalized spacial score (nSPS) is 34.8. The molecule has 0 bridgehead atoms. The van der Waals surface area contributed by atoms with E-state index in [1.807, 2.05) is 0 Å². The number of thioether (sulfide) groups is 1. The zero-order chi connectivity index (χ0) is 14.7. The predicted molar refractivity (Wildman–Crippen MR) is 86.7 cm³/mol. The molecule has 3 aliphatic rings. The van der Waals surface area contributed by atoms with Crippen molar-refractivity contribution in [3.63, 3.8) is 0 Å². The SMILES string of the molecule is COC1CCCC2(C1)SC(NC1CCCCCC1)=NC2=O. The molecule has 1 N–H and O–H groups in total. The number of nitrogens with zero attached hydrogens (tertiary/aromatic N) is 1. The van der Waals surface area contributed by atoms with Crippen molar-refractivity contribution in [2.24, 2.45) is 4.99 Å². The summed E-state index contributed by atoms with van der Waals surface area (Å²) in [4.78, 5) is 16.8. The second kappa shape index (κ2) is 6.69. The molecule has 118 valence electrons. The van der Waals surface area contributed by atoms with Crippen LogP contribution in [0, 0.1) is 0 Å². The number of amidine groups is 1. The van der Waals surface area contributed by atoms with Crippen LogP contribution in [0.3, 0.4) is 0 Å². The Morgan fingerprint density at radius 1 is 1.19 bits per heavy atom. The molecule has 4 nitrogen and oxygen atoms in total. The molecule has 0 aromatic carbocycles. The Bertz CT molecular complexity index is 419. The lowest BCUT2D eigenvalue weighted by atomic mass is 9.86. The van der Waals surface area contributed by atoms with Crippen molar-refractivity contribution in [3.8, 4) is 0 Å². The Labute approximate surface area is 131 Å². The number of aliphatic imine (C=N–C) groups is 1. The van der Waals surface area contributed by atoms with Crippen LogP contribution in [-0.2, 0) is 9.53 Å². The number of hydrogen-bond donors (Lipinski definition) is 1. The van der Waals surface area contributed by atoms with Crippen LogP contribution in [0.5, 0.6) is 0 Å². The van der Waals surface area contributed by atoms with Crippen LogP contribution in [0.15, 0.2) is 4.99 Å². The maximum Gasteiger partial charge on any atom is 0.264 e. The first-order valence-electron chi connectivity index (χ1n) is 8.33. The highest BCUT2D eigenvalue weighted by Crippen LogP contribution is 2.45. The fraction of sp³-hybridized carbons (Fsp3) is 0.875. The Morgan fingerprint density at radius 3 is 2.67 bits per heavy atom. The summed E-state index contributed by atoms with van der Waals surface area (Å²) in [6.45, 7) is 0. The largest absolute Gasteiger partial charge is 0.381 e. The van der Waals surface area contributed by atoms with Crippen LogP contribution < -0.4 is 5.32 Å². The molecule has 2 atom stereocenters. The van der Waals surface area contributed by atoms with Gasteiger partial charge in [0.2, 0.25) is 0 Å². The third-order valence-electron chi connectivity index (χ3n) is 5.07. The fourth-order valence-electron chi connectivity index (χ4n) is 3.78. The number of rotatable bonds is 2. The number of hydrogen-bond acceptors (Lipinski definition) is 4. The van der Waals surface area contributed by atoms with Gasteiger partial charge in [0, 0.05) is 13.2 Å². The molecule has 1 aliphatic heterocycles. The lowest BCUT2D eigenvalue weighted by molar-refractivity contribution is -0.121. The topological polar surface area (TPSA) is 50.7 Å². The van der Waals surface area contributed by atoms with Gasteiger partial charge in [-0.1, -0.05) is 37.4 Å². The van der Waals surface area contributed by atoms with Crippen LogP contribution in [-0.4, -0.2) is 35.1 Å². The minimum Gasteiger partial charge on any atom is -0.381 e. The number of carbonyl (C=O) groups is 1. The van der Waals surface area contributed by atoms with Crippen LogP contribution in [0.4, 0.5) is 0 Å². The van der Waals surface area contributed by atoms with E-state index in [0.29, 0.717) is 6.04 Å². The van der Waals surface area contributed by atoms with Gasteiger partial charge in [-0.05, 0) is 38.5 Å². The van der Waals surface area contributed by atoms with Crippen molar-refractivity contribution in [2.45, 2.75) is 81.1 Å². The summed E-state index contributed by atoms with van der Waals surface area (Å²) in [5.74, 6) is 0.0605. The molecule has 1 amide bonds. The number of ether oxygens (including phenoxy) is 1. The molecule has 0 aromatic rings. The van der Waals surface area contributed by atoms with Crippen molar-refractivity contribution >= 4 is 22.8 Å². The highest BCUT2D eigenvalue weighted by Gasteiger charge is 2.48. The van der Waals surface area contributed by atoms with E-state index in [2.05, 4.69) is 10.3 Å². The summed E-state index contributed by atoms with van der Waals surface area (Å²) in [6.07, 6.45) is 11.8. The van der Waals surface area contributed by atoms with Crippen LogP contribution in [0.1, 0.15) is 64.2 Å². The molecule has 2 saturated carbocycles. The monoisotopic (exact) mass is 310 g/mol. The van der Waals surface area contributed by atoms with Crippen molar-refractivity contribution in [2.75, 3.05) is 7.11 Å². The van der Waals surface area contributed by atoms with Crippen molar-refractivity contribution < 1.29 is 9.53 Å². The van der Waals surface area contributed by atoms with E-state index in [-0.39, 0.29) is 16.8 Å². The molecule has 1 spiro atoms. The minimum atomic E-state index is -0.341. The van der Waals surface area contributed by atoms with Gasteiger partial charge in [-0.25, -0.2) is 0 Å². The summed E-state index contributed by atoms with van der Waals surface area (Å²) in [6, 6.07) is 0.503. The molecular weight excluding hydrogens is 284 g/mol. The highest BCUT2D eigenvalue weighted by atomic mass is 32.2. The van der Waals surface area contributed by atoms with Crippen LogP contribution in [0.25, 0.3) is 0 Å². The summed E-state index contributed by atoms with van der Waals surface area (Å²) >= 11 is 1.67. The minimum absolute atomic E-state index is 0.0605. The third kappa shape index (κ3) is 3.45. The quantitative estimate of drug-likeness (QED) is 0.795. The van der Waals surface area contributed by atoms with E-state index >= 15 is 0 Å². The molecule has 5 heteroatoms. The van der Waals surface area contributed by atoms with Crippen molar-refractivity contribution in [3.05, 3.63) is 0 Å². The first-order valence-corrected chi connectivity index (χ1v) is 9.15. The Hall–Kier alpha value is -0.550. The van der Waals surface area contributed by atoms with Gasteiger partial charge < -0.3 is 10.1 Å². The molecular formula is C16H26N2O2S. The van der Waals surface area contributed by atoms with Gasteiger partial charge in [-0.2, -0.15) is 4.99 Å². The van der Waals surface area contributed by atoms with E-state index in [9.17, 15) is 4.79 Å². The molecule has 2 aliphatic carbocycles. The number of carbonyl (C=O) groups excluding carboxylic acids is 1. The van der Waals surface area contributed by atoms with Gasteiger partial charge in [0.1, 0.15) is 4.75 Å². The molecule has 3 rings (SSSR count). The molecule has 0 aromatic heterocycles. The van der Waals surface area contributed by atoms with Gasteiger partial charge in [0.05, 0.1) is 6.10 Å². The number of nitrogens with one attached hydrogen (secondary N) is 1. The second-order valence-electron chi connectivity index (χ2n) is 6.61. The zero-order valence-corrected chi connectivity index (χ0v) is 13.7. The van der Waals surface area contributed by atoms with E-state index in [4.69, 9.17) is 4.74 Å². The lowest BCUT2D eigenvalue weighted by Gasteiger charge is -2.34. The summed E-state index contributed by atoms with van der Waals surface area (Å²) in [5, 5.41) is 4.41. The molecule has 0 radical (unpaired) electrons. The Balaban J connectivity index is 1.61. The molecule has 2 unspecified atom stereocenters. The average Bonchev–Trinajstić information content (AvgIpc) is 2.68. The molecule has 0 saturated heterocycles. The summed E-state index contributed by atoms with van der Waals surface area (Å²) < 4.78 is 5.15. The third-order valence-corrected chi connectivity index (χ3v) is 6.40. The Morgan fingerprint density at radius 2 is 1.95 bits per heavy atom. The maximum absolute atomic E-state index is 12.4. The van der Waals surface area contributed by atoms with Crippen molar-refractivity contribution in [1.29, 1.82) is 0 Å². The van der Waals surface area contributed by atoms with E-state index in [0.717, 1.165) is 30.9 Å². The fourth-order valence-corrected chi connectivity index (χ4v) is 5.15. The highest BCUT2D eigenvalue weighted by molar-refractivity contribution is 8.16. The first-order chi connectivity index (χ1) is 10.2. The van der Waals surface area contributed by atoms with Crippen LogP contribution in [0.2, 0.25) is 0 Å². The molecule has 1 heterocycles. The summed E-state index contributed by atoms with van der Waals surface area (Å²) in [7, 11) is 1.75. The predicted octanol–water partition coefficient (Wildman–Crippen LogP) is 3.26. The van der Waals surface area contributed by atoms with E-state index < -0.39 is 0 Å². The molecule has 2 fully saturated rings. The van der Waals surface area contributed by atoms with E-state index in [1.54, 1.807) is 18.9 Å². The average molecular weight is 310 g/mol. The smallest absolute Gasteiger partial charge is 0.264 e. The van der Waals surface area contributed by atoms with Gasteiger partial charge in [-0.15, -0.1) is 0 Å². The molecule has 21 heavy (non-hydrogen) atoms. The van der Waals surface area contributed by atoms with Gasteiger partial charge in [0.15, 0.2) is 5.17 Å². The Kier molecular flexibility index (Phi) is 4.89. The number of methoxy groups -OCH3 is 1. The maximum atomic E-state index is 12.4. The van der Waals surface area contributed by atoms with Crippen LogP contribution >= 0.6 is 11.8 Å². The first kappa shape index (κ1) is 15.3. The second-order valence-corrected chi connectivity index (χ2v) is 7.98. The summed E-state index contributed by atoms with van der Waals surface area (Å²) in [5.41, 5.74) is 0. The standard InChI is InChI=1S/C16H26N2O2S/c1-20-13-9-6-10-16(11-13)14(19)18-15(21-16)17-12-7-4-2-3-5-8-12/h12-13H,2-11H2,1H3,(H,17,18,19). The van der Waals surface area contributed by atoms with E-state index in [1.165, 1.54) is 38.5 Å².